The summed E-state index contributed by atoms with van der Waals surface area (Å²) in [6, 6.07) is 0. The van der Waals surface area contributed by atoms with Crippen molar-refractivity contribution in [3.05, 3.63) is 0 Å². The van der Waals surface area contributed by atoms with E-state index in [1.165, 1.54) is 7.11 Å². The Morgan fingerprint density at radius 2 is 2.23 bits per heavy atom. The fourth-order valence-corrected chi connectivity index (χ4v) is 1.85. The van der Waals surface area contributed by atoms with Gasteiger partial charge in [0.15, 0.2) is 0 Å². The van der Waals surface area contributed by atoms with Crippen molar-refractivity contribution in [3.63, 3.8) is 0 Å². The van der Waals surface area contributed by atoms with E-state index >= 15 is 0 Å². The maximum absolute atomic E-state index is 11.5. The smallest absolute Gasteiger partial charge is 0.311 e. The number of hydrogen-bond donors (Lipinski definition) is 0. The molecule has 2 unspecified atom stereocenters. The predicted molar refractivity (Wildman–Crippen MR) is 48.1 cm³/mol. The average molecular weight is 184 g/mol. The summed E-state index contributed by atoms with van der Waals surface area (Å²) in [4.78, 5) is 22.6. The number of Topliss-reactive ketones (excluding diaryl/α,β-unsaturated/α-hetero) is 1. The zero-order chi connectivity index (χ0) is 10.1. The quantitative estimate of drug-likeness (QED) is 0.581. The highest BCUT2D eigenvalue weighted by molar-refractivity contribution is 5.84. The fraction of sp³-hybridized carbons (Fsp3) is 0.800. The summed E-state index contributed by atoms with van der Waals surface area (Å²) in [7, 11) is 1.40. The van der Waals surface area contributed by atoms with Gasteiger partial charge in [-0.1, -0.05) is 6.92 Å². The Kier molecular flexibility index (Phi) is 2.74. The van der Waals surface area contributed by atoms with E-state index in [1.807, 2.05) is 13.8 Å². The molecule has 0 spiro atoms. The third kappa shape index (κ3) is 1.74. The molecule has 1 rings (SSSR count). The number of esters is 1. The van der Waals surface area contributed by atoms with Crippen LogP contribution in [0.2, 0.25) is 0 Å². The van der Waals surface area contributed by atoms with E-state index in [-0.39, 0.29) is 17.7 Å². The highest BCUT2D eigenvalue weighted by Crippen LogP contribution is 2.40. The van der Waals surface area contributed by atoms with Crippen molar-refractivity contribution in [1.82, 2.24) is 0 Å². The molecule has 0 amide bonds. The molecule has 0 heterocycles. The van der Waals surface area contributed by atoms with Crippen LogP contribution in [0, 0.1) is 11.3 Å². The molecular formula is C10H16O3. The van der Waals surface area contributed by atoms with Crippen molar-refractivity contribution in [2.75, 3.05) is 7.11 Å². The molecular weight excluding hydrogens is 168 g/mol. The van der Waals surface area contributed by atoms with Crippen LogP contribution in [0.4, 0.5) is 0 Å². The minimum absolute atomic E-state index is 0.0983. The van der Waals surface area contributed by atoms with Gasteiger partial charge in [-0.25, -0.2) is 0 Å². The highest BCUT2D eigenvalue weighted by Gasteiger charge is 2.43. The lowest BCUT2D eigenvalue weighted by Crippen LogP contribution is -2.40. The van der Waals surface area contributed by atoms with Crippen molar-refractivity contribution in [2.24, 2.45) is 11.3 Å². The van der Waals surface area contributed by atoms with Gasteiger partial charge in [0, 0.05) is 12.8 Å². The first-order chi connectivity index (χ1) is 6.00. The van der Waals surface area contributed by atoms with Crippen LogP contribution in [0.15, 0.2) is 0 Å². The van der Waals surface area contributed by atoms with Gasteiger partial charge >= 0.3 is 5.97 Å². The Bertz CT molecular complexity index is 234. The van der Waals surface area contributed by atoms with Crippen LogP contribution in [0.1, 0.15) is 33.1 Å². The first kappa shape index (κ1) is 10.2. The molecule has 1 saturated carbocycles. The number of ether oxygens (including phenoxy) is 1. The fourth-order valence-electron chi connectivity index (χ4n) is 1.85. The second kappa shape index (κ2) is 3.48. The maximum atomic E-state index is 11.5. The predicted octanol–water partition coefficient (Wildman–Crippen LogP) is 1.55. The number of hydrogen-bond acceptors (Lipinski definition) is 3. The van der Waals surface area contributed by atoms with Crippen LogP contribution in [-0.2, 0) is 14.3 Å². The van der Waals surface area contributed by atoms with Crippen LogP contribution in [0.5, 0.6) is 0 Å². The SMILES string of the molecule is COC(=O)C1(C)CCC(=O)CC1C. The van der Waals surface area contributed by atoms with E-state index < -0.39 is 5.41 Å². The zero-order valence-electron chi connectivity index (χ0n) is 8.42. The van der Waals surface area contributed by atoms with Crippen molar-refractivity contribution < 1.29 is 14.3 Å². The Morgan fingerprint density at radius 1 is 1.62 bits per heavy atom. The zero-order valence-corrected chi connectivity index (χ0v) is 8.42. The van der Waals surface area contributed by atoms with Crippen LogP contribution in [0.3, 0.4) is 0 Å². The molecule has 13 heavy (non-hydrogen) atoms. The Morgan fingerprint density at radius 3 is 2.69 bits per heavy atom. The van der Waals surface area contributed by atoms with Gasteiger partial charge < -0.3 is 4.74 Å². The third-order valence-corrected chi connectivity index (χ3v) is 3.20. The molecule has 3 nitrogen and oxygen atoms in total. The summed E-state index contributed by atoms with van der Waals surface area (Å²) >= 11 is 0. The molecule has 0 N–H and O–H groups in total. The van der Waals surface area contributed by atoms with E-state index in [2.05, 4.69) is 0 Å². The first-order valence-corrected chi connectivity index (χ1v) is 4.61. The number of carbonyl (C=O) groups is 2. The van der Waals surface area contributed by atoms with Crippen molar-refractivity contribution in [1.29, 1.82) is 0 Å². The molecule has 1 aliphatic rings. The molecule has 0 aromatic rings. The summed E-state index contributed by atoms with van der Waals surface area (Å²) in [5.74, 6) is 0.169. The molecule has 1 aliphatic carbocycles. The monoisotopic (exact) mass is 184 g/mol. The highest BCUT2D eigenvalue weighted by atomic mass is 16.5. The standard InChI is InChI=1S/C10H16O3/c1-7-6-8(11)4-5-10(7,2)9(12)13-3/h7H,4-6H2,1-3H3. The number of rotatable bonds is 1. The second-order valence-corrected chi connectivity index (χ2v) is 4.05. The van der Waals surface area contributed by atoms with Gasteiger partial charge in [-0.2, -0.15) is 0 Å². The van der Waals surface area contributed by atoms with Crippen LogP contribution in [0.25, 0.3) is 0 Å². The van der Waals surface area contributed by atoms with Gasteiger partial charge in [-0.05, 0) is 19.3 Å². The third-order valence-electron chi connectivity index (χ3n) is 3.20. The minimum Gasteiger partial charge on any atom is -0.469 e. The van der Waals surface area contributed by atoms with Crippen LogP contribution in [-0.4, -0.2) is 18.9 Å². The topological polar surface area (TPSA) is 43.4 Å². The molecule has 0 aromatic heterocycles. The molecule has 1 fully saturated rings. The van der Waals surface area contributed by atoms with E-state index in [9.17, 15) is 9.59 Å². The molecule has 2 atom stereocenters. The van der Waals surface area contributed by atoms with Crippen molar-refractivity contribution >= 4 is 11.8 Å². The van der Waals surface area contributed by atoms with Crippen LogP contribution >= 0.6 is 0 Å². The van der Waals surface area contributed by atoms with Crippen molar-refractivity contribution in [2.45, 2.75) is 33.1 Å². The van der Waals surface area contributed by atoms with Gasteiger partial charge in [0.25, 0.3) is 0 Å². The lowest BCUT2D eigenvalue weighted by Gasteiger charge is -2.35. The van der Waals surface area contributed by atoms with Crippen LogP contribution < -0.4 is 0 Å². The number of ketones is 1. The van der Waals surface area contributed by atoms with Gasteiger partial charge in [0.1, 0.15) is 5.78 Å². The molecule has 3 heteroatoms. The molecule has 0 aromatic carbocycles. The largest absolute Gasteiger partial charge is 0.469 e. The second-order valence-electron chi connectivity index (χ2n) is 4.05. The molecule has 74 valence electrons. The van der Waals surface area contributed by atoms with Gasteiger partial charge in [-0.3, -0.25) is 9.59 Å². The average Bonchev–Trinajstić information content (AvgIpc) is 2.11. The minimum atomic E-state index is -0.456. The summed E-state index contributed by atoms with van der Waals surface area (Å²) in [5.41, 5.74) is -0.456. The number of carbonyl (C=O) groups excluding carboxylic acids is 2. The Labute approximate surface area is 78.5 Å². The van der Waals surface area contributed by atoms with Gasteiger partial charge in [0.2, 0.25) is 0 Å². The normalized spacial score (nSPS) is 34.4. The molecule has 0 bridgehead atoms. The van der Waals surface area contributed by atoms with Gasteiger partial charge in [-0.15, -0.1) is 0 Å². The molecule has 0 radical (unpaired) electrons. The Hall–Kier alpha value is -0.860. The van der Waals surface area contributed by atoms with E-state index in [0.29, 0.717) is 19.3 Å². The lowest BCUT2D eigenvalue weighted by atomic mass is 9.68. The summed E-state index contributed by atoms with van der Waals surface area (Å²) in [5, 5.41) is 0. The van der Waals surface area contributed by atoms with Crippen molar-refractivity contribution in [3.8, 4) is 0 Å². The summed E-state index contributed by atoms with van der Waals surface area (Å²) in [6.45, 7) is 3.82. The van der Waals surface area contributed by atoms with E-state index in [1.54, 1.807) is 0 Å². The lowest BCUT2D eigenvalue weighted by molar-refractivity contribution is -0.158. The molecule has 0 saturated heterocycles. The summed E-state index contributed by atoms with van der Waals surface area (Å²) in [6.07, 6.45) is 1.64. The first-order valence-electron chi connectivity index (χ1n) is 4.61. The summed E-state index contributed by atoms with van der Waals surface area (Å²) < 4.78 is 4.75. The maximum Gasteiger partial charge on any atom is 0.311 e. The molecule has 0 aliphatic heterocycles. The Balaban J connectivity index is 2.78. The van der Waals surface area contributed by atoms with E-state index in [4.69, 9.17) is 4.74 Å². The number of methoxy groups -OCH3 is 1. The van der Waals surface area contributed by atoms with Gasteiger partial charge in [0.05, 0.1) is 12.5 Å². The van der Waals surface area contributed by atoms with E-state index in [0.717, 1.165) is 0 Å².